The van der Waals surface area contributed by atoms with Crippen molar-refractivity contribution in [3.05, 3.63) is 48.3 Å². The summed E-state index contributed by atoms with van der Waals surface area (Å²) in [5.74, 6) is 0.152. The molecule has 0 radical (unpaired) electrons. The van der Waals surface area contributed by atoms with Crippen LogP contribution in [-0.2, 0) is 9.53 Å². The first-order valence-electron chi connectivity index (χ1n) is 10.9. The van der Waals surface area contributed by atoms with E-state index < -0.39 is 5.82 Å². The van der Waals surface area contributed by atoms with E-state index in [1.54, 1.807) is 24.1 Å². The van der Waals surface area contributed by atoms with Crippen LogP contribution in [0.15, 0.2) is 47.0 Å². The number of methoxy groups -OCH3 is 1. The predicted molar refractivity (Wildman–Crippen MR) is 124 cm³/mol. The van der Waals surface area contributed by atoms with E-state index in [0.29, 0.717) is 47.7 Å². The van der Waals surface area contributed by atoms with Crippen molar-refractivity contribution in [3.63, 3.8) is 0 Å². The minimum Gasteiger partial charge on any atom is -0.488 e. The van der Waals surface area contributed by atoms with Crippen LogP contribution < -0.4 is 9.64 Å². The zero-order chi connectivity index (χ0) is 23.7. The third-order valence-electron chi connectivity index (χ3n) is 5.89. The number of amides is 1. The fourth-order valence-electron chi connectivity index (χ4n) is 3.90. The molecule has 176 valence electrons. The molecule has 1 amide bonds. The van der Waals surface area contributed by atoms with Gasteiger partial charge in [0.2, 0.25) is 5.91 Å². The highest BCUT2D eigenvalue weighted by molar-refractivity contribution is 5.93. The number of aromatic nitrogens is 3. The zero-order valence-electron chi connectivity index (χ0n) is 18.9. The van der Waals surface area contributed by atoms with E-state index in [0.717, 1.165) is 17.8 Å². The second kappa shape index (κ2) is 9.14. The minimum atomic E-state index is -0.496. The standard InChI is InChI=1S/C24H24FN5O4/c1-29-7-8-30(14-23(29)31)16-5-3-15(4-6-16)19-12-22(34-28-19)24-17-11-18(25)21(33-10-9-32-2)13-20(17)26-27-24/h3-6,11-13H,7-10,14H2,1-2H3,(H,26,27). The van der Waals surface area contributed by atoms with Crippen LogP contribution in [0, 0.1) is 5.82 Å². The van der Waals surface area contributed by atoms with Crippen LogP contribution in [0.5, 0.6) is 5.75 Å². The maximum absolute atomic E-state index is 14.5. The smallest absolute Gasteiger partial charge is 0.241 e. The average molecular weight is 465 g/mol. The van der Waals surface area contributed by atoms with Gasteiger partial charge in [-0.15, -0.1) is 0 Å². The number of nitrogens with zero attached hydrogens (tertiary/aromatic N) is 4. The lowest BCUT2D eigenvalue weighted by Gasteiger charge is -2.33. The molecule has 9 nitrogen and oxygen atoms in total. The number of hydrogen-bond acceptors (Lipinski definition) is 7. The number of hydrogen-bond donors (Lipinski definition) is 1. The molecule has 2 aromatic carbocycles. The van der Waals surface area contributed by atoms with E-state index in [9.17, 15) is 9.18 Å². The lowest BCUT2D eigenvalue weighted by atomic mass is 10.1. The van der Waals surface area contributed by atoms with Gasteiger partial charge in [-0.05, 0) is 18.2 Å². The highest BCUT2D eigenvalue weighted by Crippen LogP contribution is 2.33. The molecule has 0 bridgehead atoms. The number of anilines is 1. The van der Waals surface area contributed by atoms with Crippen molar-refractivity contribution >= 4 is 22.5 Å². The van der Waals surface area contributed by atoms with Gasteiger partial charge in [0.1, 0.15) is 18.0 Å². The summed E-state index contributed by atoms with van der Waals surface area (Å²) >= 11 is 0. The molecule has 1 fully saturated rings. The number of H-pyrrole nitrogens is 1. The van der Waals surface area contributed by atoms with Gasteiger partial charge in [-0.1, -0.05) is 17.3 Å². The second-order valence-corrected chi connectivity index (χ2v) is 8.10. The molecule has 1 aliphatic rings. The Morgan fingerprint density at radius 3 is 2.74 bits per heavy atom. The highest BCUT2D eigenvalue weighted by atomic mass is 19.1. The lowest BCUT2D eigenvalue weighted by molar-refractivity contribution is -0.129. The molecule has 0 unspecified atom stereocenters. The fraction of sp³-hybridized carbons (Fsp3) is 0.292. The van der Waals surface area contributed by atoms with E-state index in [1.807, 2.05) is 31.3 Å². The summed E-state index contributed by atoms with van der Waals surface area (Å²) in [6.45, 7) is 2.46. The second-order valence-electron chi connectivity index (χ2n) is 8.10. The molecule has 1 aliphatic heterocycles. The third kappa shape index (κ3) is 4.19. The van der Waals surface area contributed by atoms with Gasteiger partial charge in [0.15, 0.2) is 17.3 Å². The van der Waals surface area contributed by atoms with Crippen LogP contribution in [0.2, 0.25) is 0 Å². The molecule has 4 aromatic rings. The first kappa shape index (κ1) is 21.9. The number of ether oxygens (including phenoxy) is 2. The molecular formula is C24H24FN5O4. The average Bonchev–Trinajstić information content (AvgIpc) is 3.48. The number of nitrogens with one attached hydrogen (secondary N) is 1. The van der Waals surface area contributed by atoms with Crippen molar-refractivity contribution in [2.45, 2.75) is 0 Å². The van der Waals surface area contributed by atoms with Crippen molar-refractivity contribution in [2.24, 2.45) is 0 Å². The number of aromatic amines is 1. The molecule has 34 heavy (non-hydrogen) atoms. The third-order valence-corrected chi connectivity index (χ3v) is 5.89. The summed E-state index contributed by atoms with van der Waals surface area (Å²) in [6, 6.07) is 12.5. The van der Waals surface area contributed by atoms with Crippen molar-refractivity contribution in [2.75, 3.05) is 51.9 Å². The number of halogens is 1. The molecule has 0 atom stereocenters. The summed E-state index contributed by atoms with van der Waals surface area (Å²) in [4.78, 5) is 15.8. The van der Waals surface area contributed by atoms with Crippen LogP contribution in [-0.4, -0.2) is 73.2 Å². The Kier molecular flexibility index (Phi) is 5.89. The van der Waals surface area contributed by atoms with Gasteiger partial charge < -0.3 is 23.8 Å². The van der Waals surface area contributed by atoms with E-state index in [4.69, 9.17) is 14.0 Å². The zero-order valence-corrected chi connectivity index (χ0v) is 18.9. The van der Waals surface area contributed by atoms with Crippen LogP contribution in [0.4, 0.5) is 10.1 Å². The monoisotopic (exact) mass is 465 g/mol. The molecule has 0 saturated carbocycles. The molecule has 5 rings (SSSR count). The normalized spacial score (nSPS) is 14.3. The van der Waals surface area contributed by atoms with Crippen molar-refractivity contribution < 1.29 is 23.2 Å². The number of rotatable bonds is 7. The Balaban J connectivity index is 1.35. The number of piperazine rings is 1. The van der Waals surface area contributed by atoms with Crippen molar-refractivity contribution in [3.8, 4) is 28.5 Å². The molecule has 3 heterocycles. The Hall–Kier alpha value is -3.92. The molecule has 1 saturated heterocycles. The van der Waals surface area contributed by atoms with Gasteiger partial charge in [0.25, 0.3) is 0 Å². The van der Waals surface area contributed by atoms with Crippen molar-refractivity contribution in [1.29, 1.82) is 0 Å². The fourth-order valence-corrected chi connectivity index (χ4v) is 3.90. The molecular weight excluding hydrogens is 441 g/mol. The van der Waals surface area contributed by atoms with Gasteiger partial charge in [-0.3, -0.25) is 9.89 Å². The van der Waals surface area contributed by atoms with Gasteiger partial charge in [0, 0.05) is 56.0 Å². The van der Waals surface area contributed by atoms with E-state index in [1.165, 1.54) is 6.07 Å². The Labute approximate surface area is 195 Å². The SMILES string of the molecule is COCCOc1cc2[nH]nc(-c3cc(-c4ccc(N5CCN(C)C(=O)C5)cc4)no3)c2cc1F. The number of benzene rings is 2. The number of carbonyl (C=O) groups is 1. The largest absolute Gasteiger partial charge is 0.488 e. The summed E-state index contributed by atoms with van der Waals surface area (Å²) < 4.78 is 30.4. The predicted octanol–water partition coefficient (Wildman–Crippen LogP) is 3.33. The van der Waals surface area contributed by atoms with Gasteiger partial charge in [0.05, 0.1) is 18.7 Å². The summed E-state index contributed by atoms with van der Waals surface area (Å²) in [5.41, 5.74) is 3.55. The first-order valence-corrected chi connectivity index (χ1v) is 10.9. The molecule has 1 N–H and O–H groups in total. The Morgan fingerprint density at radius 1 is 1.15 bits per heavy atom. The molecule has 2 aromatic heterocycles. The maximum Gasteiger partial charge on any atom is 0.241 e. The van der Waals surface area contributed by atoms with Gasteiger partial charge in [-0.25, -0.2) is 4.39 Å². The molecule has 10 heteroatoms. The topological polar surface area (TPSA) is 96.7 Å². The number of carbonyl (C=O) groups excluding carboxylic acids is 1. The Bertz CT molecular complexity index is 1320. The van der Waals surface area contributed by atoms with Gasteiger partial charge >= 0.3 is 0 Å². The Morgan fingerprint density at radius 2 is 1.97 bits per heavy atom. The van der Waals surface area contributed by atoms with Crippen LogP contribution in [0.3, 0.4) is 0 Å². The van der Waals surface area contributed by atoms with E-state index >= 15 is 0 Å². The number of likely N-dealkylation sites (N-methyl/N-ethyl adjacent to an activating group) is 1. The molecule has 0 aliphatic carbocycles. The van der Waals surface area contributed by atoms with E-state index in [-0.39, 0.29) is 18.3 Å². The molecule has 0 spiro atoms. The summed E-state index contributed by atoms with van der Waals surface area (Å²) in [6.07, 6.45) is 0. The van der Waals surface area contributed by atoms with Crippen LogP contribution >= 0.6 is 0 Å². The number of fused-ring (bicyclic) bond motifs is 1. The maximum atomic E-state index is 14.5. The van der Waals surface area contributed by atoms with E-state index in [2.05, 4.69) is 20.3 Å². The summed E-state index contributed by atoms with van der Waals surface area (Å²) in [7, 11) is 3.37. The van der Waals surface area contributed by atoms with Gasteiger partial charge in [-0.2, -0.15) is 5.10 Å². The van der Waals surface area contributed by atoms with Crippen molar-refractivity contribution in [1.82, 2.24) is 20.3 Å². The van der Waals surface area contributed by atoms with Crippen LogP contribution in [0.25, 0.3) is 33.6 Å². The first-order chi connectivity index (χ1) is 16.5. The quantitative estimate of drug-likeness (QED) is 0.418. The van der Waals surface area contributed by atoms with Crippen LogP contribution in [0.1, 0.15) is 0 Å². The highest BCUT2D eigenvalue weighted by Gasteiger charge is 2.21. The minimum absolute atomic E-state index is 0.104. The lowest BCUT2D eigenvalue weighted by Crippen LogP contribution is -2.48. The summed E-state index contributed by atoms with van der Waals surface area (Å²) in [5, 5.41) is 11.9.